The fourth-order valence-electron chi connectivity index (χ4n) is 3.83. The molecule has 3 aromatic rings. The van der Waals surface area contributed by atoms with Crippen LogP contribution in [0.15, 0.2) is 35.1 Å². The minimum absolute atomic E-state index is 0.124. The van der Waals surface area contributed by atoms with Gasteiger partial charge in [0.25, 0.3) is 0 Å². The molecule has 0 aliphatic heterocycles. The molecule has 0 atom stereocenters. The second kappa shape index (κ2) is 7.02. The molecule has 0 spiro atoms. The number of rotatable bonds is 5. The van der Waals surface area contributed by atoms with Gasteiger partial charge in [0.2, 0.25) is 0 Å². The molecule has 28 heavy (non-hydrogen) atoms. The van der Waals surface area contributed by atoms with Gasteiger partial charge in [-0.1, -0.05) is 11.6 Å². The lowest BCUT2D eigenvalue weighted by molar-refractivity contribution is -0.137. The highest BCUT2D eigenvalue weighted by Crippen LogP contribution is 2.35. The number of benzene rings is 2. The zero-order valence-corrected chi connectivity index (χ0v) is 16.6. The van der Waals surface area contributed by atoms with E-state index in [1.54, 1.807) is 22.8 Å². The van der Waals surface area contributed by atoms with Crippen molar-refractivity contribution in [1.82, 2.24) is 4.57 Å². The van der Waals surface area contributed by atoms with Crippen LogP contribution in [-0.4, -0.2) is 35.8 Å². The Labute approximate surface area is 167 Å². The molecule has 1 fully saturated rings. The number of hydrogen-bond acceptors (Lipinski definition) is 4. The fourth-order valence-corrected chi connectivity index (χ4v) is 4.15. The molecule has 0 radical (unpaired) electrons. The van der Waals surface area contributed by atoms with Crippen molar-refractivity contribution in [2.24, 2.45) is 0 Å². The lowest BCUT2D eigenvalue weighted by atomic mass is 9.93. The SMILES string of the molecule is CN(C)c1c(Cl)ccc2c(=O)c3ccc(NC4CCC4)cc3n(CC(=O)O)c12. The Morgan fingerprint density at radius 1 is 1.25 bits per heavy atom. The van der Waals surface area contributed by atoms with Crippen LogP contribution < -0.4 is 15.6 Å². The highest BCUT2D eigenvalue weighted by molar-refractivity contribution is 6.35. The van der Waals surface area contributed by atoms with Crippen molar-refractivity contribution in [2.45, 2.75) is 31.8 Å². The monoisotopic (exact) mass is 399 g/mol. The summed E-state index contributed by atoms with van der Waals surface area (Å²) in [6.07, 6.45) is 3.46. The lowest BCUT2D eigenvalue weighted by Gasteiger charge is -2.28. The number of nitrogens with zero attached hydrogens (tertiary/aromatic N) is 2. The third-order valence-electron chi connectivity index (χ3n) is 5.37. The van der Waals surface area contributed by atoms with Crippen molar-refractivity contribution in [1.29, 1.82) is 0 Å². The van der Waals surface area contributed by atoms with Crippen LogP contribution >= 0.6 is 11.6 Å². The molecule has 0 unspecified atom stereocenters. The Kier molecular flexibility index (Phi) is 4.67. The number of aliphatic carboxylic acids is 1. The summed E-state index contributed by atoms with van der Waals surface area (Å²) < 4.78 is 1.68. The Bertz CT molecular complexity index is 1150. The van der Waals surface area contributed by atoms with Gasteiger partial charge in [-0.25, -0.2) is 0 Å². The normalized spacial score (nSPS) is 14.2. The number of fused-ring (bicyclic) bond motifs is 2. The molecule has 0 amide bonds. The van der Waals surface area contributed by atoms with Crippen molar-refractivity contribution >= 4 is 50.8 Å². The Morgan fingerprint density at radius 2 is 1.96 bits per heavy atom. The molecule has 1 heterocycles. The first-order chi connectivity index (χ1) is 13.4. The molecule has 2 aromatic carbocycles. The van der Waals surface area contributed by atoms with Crippen LogP contribution in [0.1, 0.15) is 19.3 Å². The summed E-state index contributed by atoms with van der Waals surface area (Å²) in [6, 6.07) is 9.33. The summed E-state index contributed by atoms with van der Waals surface area (Å²) in [6.45, 7) is -0.263. The predicted octanol–water partition coefficient (Wildman–Crippen LogP) is 3.92. The number of hydrogen-bond donors (Lipinski definition) is 2. The molecular formula is C21H22ClN3O3. The van der Waals surface area contributed by atoms with E-state index in [0.717, 1.165) is 18.5 Å². The van der Waals surface area contributed by atoms with E-state index in [0.29, 0.717) is 38.6 Å². The minimum Gasteiger partial charge on any atom is -0.480 e. The number of carboxylic acids is 1. The number of halogens is 1. The molecule has 146 valence electrons. The van der Waals surface area contributed by atoms with Gasteiger partial charge in [0.1, 0.15) is 6.54 Å². The summed E-state index contributed by atoms with van der Waals surface area (Å²) in [4.78, 5) is 26.6. The molecule has 4 rings (SSSR count). The number of carboxylic acid groups (broad SMARTS) is 1. The molecule has 7 heteroatoms. The van der Waals surface area contributed by atoms with Gasteiger partial charge < -0.3 is 19.9 Å². The highest BCUT2D eigenvalue weighted by Gasteiger charge is 2.21. The van der Waals surface area contributed by atoms with E-state index in [1.165, 1.54) is 6.42 Å². The summed E-state index contributed by atoms with van der Waals surface area (Å²) in [5.74, 6) is -0.978. The number of pyridine rings is 1. The molecule has 1 aromatic heterocycles. The Hall–Kier alpha value is -2.73. The smallest absolute Gasteiger partial charge is 0.323 e. The quantitative estimate of drug-likeness (QED) is 0.636. The van der Waals surface area contributed by atoms with Crippen LogP contribution in [0.2, 0.25) is 5.02 Å². The van der Waals surface area contributed by atoms with Gasteiger partial charge in [-0.3, -0.25) is 9.59 Å². The van der Waals surface area contributed by atoms with E-state index in [9.17, 15) is 14.7 Å². The van der Waals surface area contributed by atoms with Crippen molar-refractivity contribution < 1.29 is 9.90 Å². The third kappa shape index (κ3) is 3.07. The molecule has 2 N–H and O–H groups in total. The first kappa shape index (κ1) is 18.6. The summed E-state index contributed by atoms with van der Waals surface area (Å²) >= 11 is 6.42. The van der Waals surface area contributed by atoms with E-state index in [4.69, 9.17) is 11.6 Å². The fraction of sp³-hybridized carbons (Fsp3) is 0.333. The lowest BCUT2D eigenvalue weighted by Crippen LogP contribution is -2.27. The van der Waals surface area contributed by atoms with Crippen LogP contribution in [0.25, 0.3) is 21.8 Å². The average molecular weight is 400 g/mol. The zero-order chi connectivity index (χ0) is 20.0. The Morgan fingerprint density at radius 3 is 2.57 bits per heavy atom. The van der Waals surface area contributed by atoms with E-state index < -0.39 is 5.97 Å². The van der Waals surface area contributed by atoms with Crippen molar-refractivity contribution in [3.63, 3.8) is 0 Å². The highest BCUT2D eigenvalue weighted by atomic mass is 35.5. The maximum Gasteiger partial charge on any atom is 0.323 e. The second-order valence-corrected chi connectivity index (χ2v) is 7.91. The van der Waals surface area contributed by atoms with Crippen molar-refractivity contribution in [2.75, 3.05) is 24.3 Å². The molecule has 0 saturated heterocycles. The number of anilines is 2. The summed E-state index contributed by atoms with van der Waals surface area (Å²) in [5, 5.41) is 14.5. The molecule has 1 saturated carbocycles. The van der Waals surface area contributed by atoms with Gasteiger partial charge in [-0.15, -0.1) is 0 Å². The average Bonchev–Trinajstić information content (AvgIpc) is 2.60. The van der Waals surface area contributed by atoms with Gasteiger partial charge >= 0.3 is 5.97 Å². The second-order valence-electron chi connectivity index (χ2n) is 7.50. The predicted molar refractivity (Wildman–Crippen MR) is 114 cm³/mol. The van der Waals surface area contributed by atoms with E-state index in [2.05, 4.69) is 5.32 Å². The number of carbonyl (C=O) groups is 1. The third-order valence-corrected chi connectivity index (χ3v) is 5.67. The number of aromatic nitrogens is 1. The maximum absolute atomic E-state index is 13.2. The van der Waals surface area contributed by atoms with Crippen LogP contribution in [-0.2, 0) is 11.3 Å². The van der Waals surface area contributed by atoms with Crippen LogP contribution in [0.3, 0.4) is 0 Å². The van der Waals surface area contributed by atoms with Gasteiger partial charge in [-0.2, -0.15) is 0 Å². The van der Waals surface area contributed by atoms with Gasteiger partial charge in [0.05, 0.1) is 21.7 Å². The molecule has 0 bridgehead atoms. The molecule has 6 nitrogen and oxygen atoms in total. The van der Waals surface area contributed by atoms with Crippen LogP contribution in [0.4, 0.5) is 11.4 Å². The van der Waals surface area contributed by atoms with Crippen molar-refractivity contribution in [3.05, 3.63) is 45.6 Å². The molecule has 1 aliphatic rings. The minimum atomic E-state index is -0.978. The summed E-state index contributed by atoms with van der Waals surface area (Å²) in [5.41, 5.74) is 2.54. The van der Waals surface area contributed by atoms with E-state index >= 15 is 0 Å². The summed E-state index contributed by atoms with van der Waals surface area (Å²) in [7, 11) is 3.66. The zero-order valence-electron chi connectivity index (χ0n) is 15.8. The molecule has 1 aliphatic carbocycles. The number of nitrogens with one attached hydrogen (secondary N) is 1. The topological polar surface area (TPSA) is 74.6 Å². The van der Waals surface area contributed by atoms with Gasteiger partial charge in [-0.05, 0) is 49.6 Å². The Balaban J connectivity index is 2.08. The first-order valence-electron chi connectivity index (χ1n) is 9.31. The van der Waals surface area contributed by atoms with Gasteiger partial charge in [0.15, 0.2) is 5.43 Å². The maximum atomic E-state index is 13.2. The van der Waals surface area contributed by atoms with E-state index in [1.807, 2.05) is 31.1 Å². The van der Waals surface area contributed by atoms with Crippen molar-refractivity contribution in [3.8, 4) is 0 Å². The largest absolute Gasteiger partial charge is 0.480 e. The standard InChI is InChI=1S/C21H22ClN3O3/c1-24(2)20-16(22)9-8-15-19(20)25(11-18(26)27)17-10-13(23-12-4-3-5-12)6-7-14(17)21(15)28/h6-10,12,23H,3-5,11H2,1-2H3,(H,26,27). The van der Waals surface area contributed by atoms with Crippen LogP contribution in [0, 0.1) is 0 Å². The van der Waals surface area contributed by atoms with Gasteiger partial charge in [0, 0.05) is 36.6 Å². The van der Waals surface area contributed by atoms with E-state index in [-0.39, 0.29) is 12.0 Å². The first-order valence-corrected chi connectivity index (χ1v) is 9.69. The van der Waals surface area contributed by atoms with Crippen LogP contribution in [0.5, 0.6) is 0 Å². The molecular weight excluding hydrogens is 378 g/mol.